The highest BCUT2D eigenvalue weighted by molar-refractivity contribution is 7.26. The minimum Gasteiger partial charge on any atom is -0.310 e. The van der Waals surface area contributed by atoms with Gasteiger partial charge in [0.2, 0.25) is 0 Å². The number of anilines is 3. The standard InChI is InChI=1S/C51H36N2S/c1-51(2)45-30-37(52(34-15-6-3-7-16-34)35-17-8-4-9-18-35)26-27-39(45)42-31-44-43-29-33(38-22-14-23-41-40-21-12-13-24-49(40)54-50(38)41)25-28-47(43)53(48(44)32-46(42)51)36-19-10-5-11-20-36/h3-32H,1-2H3. The average Bonchev–Trinajstić information content (AvgIpc) is 3.83. The van der Waals surface area contributed by atoms with Crippen molar-refractivity contribution in [3.8, 4) is 27.9 Å². The summed E-state index contributed by atoms with van der Waals surface area (Å²) in [5, 5.41) is 5.21. The van der Waals surface area contributed by atoms with Gasteiger partial charge in [0.15, 0.2) is 0 Å². The molecule has 2 nitrogen and oxygen atoms in total. The van der Waals surface area contributed by atoms with Crippen LogP contribution in [0.25, 0.3) is 69.9 Å². The topological polar surface area (TPSA) is 8.17 Å². The first-order valence-electron chi connectivity index (χ1n) is 18.7. The molecule has 2 aromatic heterocycles. The highest BCUT2D eigenvalue weighted by Crippen LogP contribution is 2.53. The highest BCUT2D eigenvalue weighted by Gasteiger charge is 2.37. The third-order valence-electron chi connectivity index (χ3n) is 11.6. The van der Waals surface area contributed by atoms with E-state index in [-0.39, 0.29) is 5.41 Å². The Morgan fingerprint density at radius 2 is 1.09 bits per heavy atom. The van der Waals surface area contributed by atoms with E-state index < -0.39 is 0 Å². The van der Waals surface area contributed by atoms with Crippen molar-refractivity contribution < 1.29 is 0 Å². The van der Waals surface area contributed by atoms with Crippen molar-refractivity contribution >= 4 is 70.4 Å². The average molecular weight is 709 g/mol. The van der Waals surface area contributed by atoms with Crippen LogP contribution < -0.4 is 4.90 Å². The third kappa shape index (κ3) is 4.58. The minimum atomic E-state index is -0.201. The number of hydrogen-bond donors (Lipinski definition) is 0. The molecule has 0 saturated heterocycles. The Balaban J connectivity index is 1.13. The van der Waals surface area contributed by atoms with Crippen LogP contribution in [0.1, 0.15) is 25.0 Å². The Labute approximate surface area is 318 Å². The van der Waals surface area contributed by atoms with Crippen molar-refractivity contribution in [1.82, 2.24) is 4.57 Å². The monoisotopic (exact) mass is 708 g/mol. The van der Waals surface area contributed by atoms with Gasteiger partial charge in [0.25, 0.3) is 0 Å². The van der Waals surface area contributed by atoms with Gasteiger partial charge < -0.3 is 9.47 Å². The summed E-state index contributed by atoms with van der Waals surface area (Å²) in [6, 6.07) is 66.9. The van der Waals surface area contributed by atoms with Gasteiger partial charge >= 0.3 is 0 Å². The largest absolute Gasteiger partial charge is 0.310 e. The van der Waals surface area contributed by atoms with Crippen LogP contribution in [0.4, 0.5) is 17.1 Å². The normalized spacial score (nSPS) is 13.1. The van der Waals surface area contributed by atoms with Crippen molar-refractivity contribution in [3.05, 3.63) is 193 Å². The molecular formula is C51H36N2S. The zero-order valence-corrected chi connectivity index (χ0v) is 30.9. The summed E-state index contributed by atoms with van der Waals surface area (Å²) >= 11 is 1.89. The van der Waals surface area contributed by atoms with Crippen LogP contribution in [0.3, 0.4) is 0 Å². The van der Waals surface area contributed by atoms with Crippen LogP contribution >= 0.6 is 11.3 Å². The maximum Gasteiger partial charge on any atom is 0.0544 e. The van der Waals surface area contributed by atoms with Gasteiger partial charge in [-0.25, -0.2) is 0 Å². The van der Waals surface area contributed by atoms with Gasteiger partial charge in [-0.3, -0.25) is 0 Å². The van der Waals surface area contributed by atoms with E-state index in [4.69, 9.17) is 0 Å². The molecule has 54 heavy (non-hydrogen) atoms. The van der Waals surface area contributed by atoms with Crippen molar-refractivity contribution in [3.63, 3.8) is 0 Å². The Bertz CT molecular complexity index is 3020. The lowest BCUT2D eigenvalue weighted by atomic mass is 9.82. The van der Waals surface area contributed by atoms with Gasteiger partial charge in [0.05, 0.1) is 11.0 Å². The van der Waals surface area contributed by atoms with Crippen LogP contribution in [0.2, 0.25) is 0 Å². The van der Waals surface area contributed by atoms with E-state index in [2.05, 4.69) is 205 Å². The maximum absolute atomic E-state index is 2.48. The van der Waals surface area contributed by atoms with E-state index in [1.807, 2.05) is 11.3 Å². The van der Waals surface area contributed by atoms with E-state index in [0.29, 0.717) is 0 Å². The van der Waals surface area contributed by atoms with Crippen LogP contribution in [0.5, 0.6) is 0 Å². The molecule has 0 saturated carbocycles. The smallest absolute Gasteiger partial charge is 0.0544 e. The lowest BCUT2D eigenvalue weighted by molar-refractivity contribution is 0.661. The van der Waals surface area contributed by atoms with Crippen LogP contribution in [0, 0.1) is 0 Å². The predicted octanol–water partition coefficient (Wildman–Crippen LogP) is 14.6. The second kappa shape index (κ2) is 11.8. The van der Waals surface area contributed by atoms with Crippen molar-refractivity contribution in [1.29, 1.82) is 0 Å². The zero-order chi connectivity index (χ0) is 36.0. The number of para-hydroxylation sites is 3. The summed E-state index contributed by atoms with van der Waals surface area (Å²) in [6.45, 7) is 4.78. The van der Waals surface area contributed by atoms with Crippen molar-refractivity contribution in [2.24, 2.45) is 0 Å². The summed E-state index contributed by atoms with van der Waals surface area (Å²) in [6.07, 6.45) is 0. The number of benzene rings is 8. The lowest BCUT2D eigenvalue weighted by Gasteiger charge is -2.28. The summed E-state index contributed by atoms with van der Waals surface area (Å²) in [5.41, 5.74) is 14.8. The highest BCUT2D eigenvalue weighted by atomic mass is 32.1. The maximum atomic E-state index is 2.48. The second-order valence-electron chi connectivity index (χ2n) is 15.0. The molecular weight excluding hydrogens is 673 g/mol. The minimum absolute atomic E-state index is 0.201. The van der Waals surface area contributed by atoms with Crippen LogP contribution in [-0.4, -0.2) is 4.57 Å². The molecule has 0 radical (unpaired) electrons. The molecule has 0 unspecified atom stereocenters. The fourth-order valence-corrected chi connectivity index (χ4v) is 10.2. The van der Waals surface area contributed by atoms with E-state index in [1.54, 1.807) is 0 Å². The number of nitrogens with zero attached hydrogens (tertiary/aromatic N) is 2. The molecule has 11 rings (SSSR count). The molecule has 0 amide bonds. The first-order valence-corrected chi connectivity index (χ1v) is 19.5. The van der Waals surface area contributed by atoms with Gasteiger partial charge in [0, 0.05) is 59.1 Å². The molecule has 0 N–H and O–H groups in total. The molecule has 10 aromatic rings. The van der Waals surface area contributed by atoms with E-state index in [1.165, 1.54) is 81.0 Å². The van der Waals surface area contributed by atoms with Gasteiger partial charge in [-0.05, 0) is 112 Å². The van der Waals surface area contributed by atoms with Crippen LogP contribution in [-0.2, 0) is 5.41 Å². The first-order chi connectivity index (χ1) is 26.5. The lowest BCUT2D eigenvalue weighted by Crippen LogP contribution is -2.16. The molecule has 256 valence electrons. The van der Waals surface area contributed by atoms with E-state index >= 15 is 0 Å². The number of rotatable bonds is 5. The molecule has 1 aliphatic rings. The Kier molecular flexibility index (Phi) is 6.80. The summed E-state index contributed by atoms with van der Waals surface area (Å²) in [7, 11) is 0. The van der Waals surface area contributed by atoms with Crippen molar-refractivity contribution in [2.45, 2.75) is 19.3 Å². The molecule has 0 bridgehead atoms. The molecule has 3 heteroatoms. The SMILES string of the molecule is CC1(C)c2cc(N(c3ccccc3)c3ccccc3)ccc2-c2cc3c4cc(-c5cccc6c5sc5ccccc56)ccc4n(-c4ccccc4)c3cc21. The second-order valence-corrected chi connectivity index (χ2v) is 16.0. The van der Waals surface area contributed by atoms with E-state index in [0.717, 1.165) is 17.1 Å². The molecule has 0 fully saturated rings. The first kappa shape index (κ1) is 31.1. The van der Waals surface area contributed by atoms with Gasteiger partial charge in [0.1, 0.15) is 0 Å². The molecule has 0 aliphatic heterocycles. The van der Waals surface area contributed by atoms with E-state index in [9.17, 15) is 0 Å². The third-order valence-corrected chi connectivity index (χ3v) is 12.8. The summed E-state index contributed by atoms with van der Waals surface area (Å²) in [5.74, 6) is 0. The molecule has 0 spiro atoms. The van der Waals surface area contributed by atoms with Gasteiger partial charge in [-0.15, -0.1) is 11.3 Å². The number of aromatic nitrogens is 1. The number of hydrogen-bond acceptors (Lipinski definition) is 2. The summed E-state index contributed by atoms with van der Waals surface area (Å²) in [4.78, 5) is 2.37. The predicted molar refractivity (Wildman–Crippen MR) is 231 cm³/mol. The van der Waals surface area contributed by atoms with Crippen LogP contribution in [0.15, 0.2) is 182 Å². The van der Waals surface area contributed by atoms with Gasteiger partial charge in [-0.1, -0.05) is 117 Å². The molecule has 8 aromatic carbocycles. The molecule has 2 heterocycles. The Morgan fingerprint density at radius 3 is 1.85 bits per heavy atom. The van der Waals surface area contributed by atoms with Crippen molar-refractivity contribution in [2.75, 3.05) is 4.90 Å². The Hall–Kier alpha value is -6.42. The summed E-state index contributed by atoms with van der Waals surface area (Å²) < 4.78 is 5.14. The number of thiophene rings is 1. The fourth-order valence-electron chi connectivity index (χ4n) is 8.97. The number of fused-ring (bicyclic) bond motifs is 9. The molecule has 0 atom stereocenters. The zero-order valence-electron chi connectivity index (χ0n) is 30.1. The Morgan fingerprint density at radius 1 is 0.444 bits per heavy atom. The fraction of sp³-hybridized carbons (Fsp3) is 0.0588. The molecule has 1 aliphatic carbocycles. The van der Waals surface area contributed by atoms with Gasteiger partial charge in [-0.2, -0.15) is 0 Å². The quantitative estimate of drug-likeness (QED) is 0.173.